The Hall–Kier alpha value is -1.88. The molecular weight excluding hydrogens is 290 g/mol. The molecule has 0 bridgehead atoms. The first-order valence-corrected chi connectivity index (χ1v) is 8.40. The lowest BCUT2D eigenvalue weighted by atomic mass is 9.93. The minimum atomic E-state index is -0.0854. The summed E-state index contributed by atoms with van der Waals surface area (Å²) < 4.78 is 0. The van der Waals surface area contributed by atoms with E-state index in [0.717, 1.165) is 44.5 Å². The van der Waals surface area contributed by atoms with Gasteiger partial charge in [0.25, 0.3) is 0 Å². The number of likely N-dealkylation sites (tertiary alicyclic amines) is 1. The highest BCUT2D eigenvalue weighted by atomic mass is 16.2. The van der Waals surface area contributed by atoms with Crippen LogP contribution in [0.15, 0.2) is 24.3 Å². The first-order valence-electron chi connectivity index (χ1n) is 8.40. The van der Waals surface area contributed by atoms with Crippen molar-refractivity contribution in [1.29, 1.82) is 0 Å². The van der Waals surface area contributed by atoms with Crippen LogP contribution < -0.4 is 5.32 Å². The van der Waals surface area contributed by atoms with E-state index >= 15 is 0 Å². The quantitative estimate of drug-likeness (QED) is 0.904. The molecule has 3 rings (SSSR count). The molecule has 5 heteroatoms. The SMILES string of the molecule is CN(C)C(=O)C1CCN(C2CCc3ccccc3NC2=O)CC1. The van der Waals surface area contributed by atoms with E-state index < -0.39 is 0 Å². The summed E-state index contributed by atoms with van der Waals surface area (Å²) in [7, 11) is 3.62. The van der Waals surface area contributed by atoms with Crippen LogP contribution in [0.4, 0.5) is 5.69 Å². The number of amides is 2. The standard InChI is InChI=1S/C18H25N3O2/c1-20(2)18(23)14-9-11-21(12-10-14)16-8-7-13-5-3-4-6-15(13)19-17(16)22/h3-6,14,16H,7-12H2,1-2H3,(H,19,22). The van der Waals surface area contributed by atoms with Gasteiger partial charge in [-0.3, -0.25) is 14.5 Å². The van der Waals surface area contributed by atoms with Crippen molar-refractivity contribution in [2.45, 2.75) is 31.7 Å². The second-order valence-corrected chi connectivity index (χ2v) is 6.74. The van der Waals surface area contributed by atoms with Crippen molar-refractivity contribution in [2.24, 2.45) is 5.92 Å². The van der Waals surface area contributed by atoms with Gasteiger partial charge >= 0.3 is 0 Å². The van der Waals surface area contributed by atoms with E-state index in [2.05, 4.69) is 16.3 Å². The third kappa shape index (κ3) is 3.39. The fraction of sp³-hybridized carbons (Fsp3) is 0.556. The van der Waals surface area contributed by atoms with Gasteiger partial charge < -0.3 is 10.2 Å². The van der Waals surface area contributed by atoms with Crippen LogP contribution >= 0.6 is 0 Å². The number of fused-ring (bicyclic) bond motifs is 1. The molecular formula is C18H25N3O2. The Balaban J connectivity index is 1.63. The van der Waals surface area contributed by atoms with Gasteiger partial charge in [-0.2, -0.15) is 0 Å². The van der Waals surface area contributed by atoms with Gasteiger partial charge in [-0.1, -0.05) is 18.2 Å². The summed E-state index contributed by atoms with van der Waals surface area (Å²) in [5, 5.41) is 3.07. The number of nitrogens with one attached hydrogen (secondary N) is 1. The maximum atomic E-state index is 12.6. The van der Waals surface area contributed by atoms with Crippen molar-refractivity contribution < 1.29 is 9.59 Å². The number of anilines is 1. The Morgan fingerprint density at radius 1 is 1.17 bits per heavy atom. The van der Waals surface area contributed by atoms with E-state index in [4.69, 9.17) is 0 Å². The predicted molar refractivity (Wildman–Crippen MR) is 90.2 cm³/mol. The highest BCUT2D eigenvalue weighted by Gasteiger charge is 2.33. The Kier molecular flexibility index (Phi) is 4.66. The number of carbonyl (C=O) groups is 2. The van der Waals surface area contributed by atoms with Crippen molar-refractivity contribution in [3.8, 4) is 0 Å². The zero-order valence-corrected chi connectivity index (χ0v) is 13.9. The maximum Gasteiger partial charge on any atom is 0.241 e. The highest BCUT2D eigenvalue weighted by Crippen LogP contribution is 2.27. The lowest BCUT2D eigenvalue weighted by molar-refractivity contribution is -0.134. The summed E-state index contributed by atoms with van der Waals surface area (Å²) >= 11 is 0. The van der Waals surface area contributed by atoms with E-state index in [-0.39, 0.29) is 23.8 Å². The molecule has 1 atom stereocenters. The molecule has 0 aliphatic carbocycles. The first-order chi connectivity index (χ1) is 11.1. The van der Waals surface area contributed by atoms with Gasteiger partial charge in [-0.05, 0) is 50.4 Å². The normalized spacial score (nSPS) is 22.9. The molecule has 2 aliphatic rings. The van der Waals surface area contributed by atoms with Gasteiger partial charge in [0.1, 0.15) is 0 Å². The summed E-state index contributed by atoms with van der Waals surface area (Å²) in [5.41, 5.74) is 2.15. The second kappa shape index (κ2) is 6.71. The van der Waals surface area contributed by atoms with Crippen LogP contribution in [0, 0.1) is 5.92 Å². The topological polar surface area (TPSA) is 52.7 Å². The van der Waals surface area contributed by atoms with Gasteiger partial charge in [0, 0.05) is 25.7 Å². The second-order valence-electron chi connectivity index (χ2n) is 6.74. The van der Waals surface area contributed by atoms with Gasteiger partial charge in [-0.25, -0.2) is 0 Å². The fourth-order valence-electron chi connectivity index (χ4n) is 3.67. The number of nitrogens with zero attached hydrogens (tertiary/aromatic N) is 2. The summed E-state index contributed by atoms with van der Waals surface area (Å²) in [6.45, 7) is 1.64. The minimum absolute atomic E-state index is 0.0854. The molecule has 1 saturated heterocycles. The van der Waals surface area contributed by atoms with Gasteiger partial charge in [0.05, 0.1) is 6.04 Å². The van der Waals surface area contributed by atoms with E-state index in [9.17, 15) is 9.59 Å². The number of piperidine rings is 1. The molecule has 0 radical (unpaired) electrons. The lowest BCUT2D eigenvalue weighted by Gasteiger charge is -2.36. The van der Waals surface area contributed by atoms with Crippen molar-refractivity contribution >= 4 is 17.5 Å². The molecule has 2 amide bonds. The summed E-state index contributed by atoms with van der Waals surface area (Å²) in [6.07, 6.45) is 3.44. The molecule has 0 aromatic heterocycles. The molecule has 1 N–H and O–H groups in total. The van der Waals surface area contributed by atoms with Gasteiger partial charge in [-0.15, -0.1) is 0 Å². The zero-order chi connectivity index (χ0) is 16.4. The number of para-hydroxylation sites is 1. The van der Waals surface area contributed by atoms with Crippen LogP contribution in [0.1, 0.15) is 24.8 Å². The van der Waals surface area contributed by atoms with Crippen LogP contribution in [0.5, 0.6) is 0 Å². The van der Waals surface area contributed by atoms with E-state index in [1.807, 2.05) is 32.3 Å². The fourth-order valence-corrected chi connectivity index (χ4v) is 3.67. The first kappa shape index (κ1) is 16.0. The third-order valence-corrected chi connectivity index (χ3v) is 5.03. The number of benzene rings is 1. The molecule has 1 aromatic rings. The van der Waals surface area contributed by atoms with E-state index in [1.54, 1.807) is 4.90 Å². The molecule has 23 heavy (non-hydrogen) atoms. The van der Waals surface area contributed by atoms with Crippen molar-refractivity contribution in [3.05, 3.63) is 29.8 Å². The van der Waals surface area contributed by atoms with Crippen molar-refractivity contribution in [1.82, 2.24) is 9.80 Å². The predicted octanol–water partition coefficient (Wildman–Crippen LogP) is 1.74. The number of aryl methyl sites for hydroxylation is 1. The number of rotatable bonds is 2. The van der Waals surface area contributed by atoms with Crippen molar-refractivity contribution in [3.63, 3.8) is 0 Å². The molecule has 1 unspecified atom stereocenters. The van der Waals surface area contributed by atoms with Crippen LogP contribution in [0.2, 0.25) is 0 Å². The zero-order valence-electron chi connectivity index (χ0n) is 13.9. The largest absolute Gasteiger partial charge is 0.349 e. The third-order valence-electron chi connectivity index (χ3n) is 5.03. The molecule has 2 heterocycles. The summed E-state index contributed by atoms with van der Waals surface area (Å²) in [6, 6.07) is 7.94. The smallest absolute Gasteiger partial charge is 0.241 e. The van der Waals surface area contributed by atoms with E-state index in [0.29, 0.717) is 0 Å². The average molecular weight is 315 g/mol. The van der Waals surface area contributed by atoms with Crippen LogP contribution in [0.3, 0.4) is 0 Å². The average Bonchev–Trinajstić information content (AvgIpc) is 2.72. The Morgan fingerprint density at radius 3 is 2.57 bits per heavy atom. The number of carbonyl (C=O) groups excluding carboxylic acids is 2. The maximum absolute atomic E-state index is 12.6. The van der Waals surface area contributed by atoms with E-state index in [1.165, 1.54) is 5.56 Å². The Bertz CT molecular complexity index is 592. The molecule has 1 aromatic carbocycles. The van der Waals surface area contributed by atoms with Crippen molar-refractivity contribution in [2.75, 3.05) is 32.5 Å². The molecule has 0 spiro atoms. The number of hydrogen-bond acceptors (Lipinski definition) is 3. The van der Waals surface area contributed by atoms with Crippen LogP contribution in [-0.2, 0) is 16.0 Å². The van der Waals surface area contributed by atoms with Gasteiger partial charge in [0.15, 0.2) is 0 Å². The summed E-state index contributed by atoms with van der Waals surface area (Å²) in [4.78, 5) is 28.6. The molecule has 2 aliphatic heterocycles. The Morgan fingerprint density at radius 2 is 1.87 bits per heavy atom. The number of hydrogen-bond donors (Lipinski definition) is 1. The minimum Gasteiger partial charge on any atom is -0.349 e. The lowest BCUT2D eigenvalue weighted by Crippen LogP contribution is -2.49. The summed E-state index contributed by atoms with van der Waals surface area (Å²) in [5.74, 6) is 0.405. The Labute approximate surface area is 137 Å². The molecule has 124 valence electrons. The van der Waals surface area contributed by atoms with Crippen LogP contribution in [-0.4, -0.2) is 54.8 Å². The molecule has 5 nitrogen and oxygen atoms in total. The van der Waals surface area contributed by atoms with Crippen LogP contribution in [0.25, 0.3) is 0 Å². The molecule has 1 fully saturated rings. The monoisotopic (exact) mass is 315 g/mol. The highest BCUT2D eigenvalue weighted by molar-refractivity contribution is 5.96. The molecule has 0 saturated carbocycles. The van der Waals surface area contributed by atoms with Gasteiger partial charge in [0.2, 0.25) is 11.8 Å².